The van der Waals surface area contributed by atoms with Crippen LogP contribution >= 0.6 is 11.9 Å². The van der Waals surface area contributed by atoms with E-state index in [1.165, 1.54) is 29.3 Å². The number of aromatic nitrogens is 1. The van der Waals surface area contributed by atoms with Gasteiger partial charge in [0, 0.05) is 68.3 Å². The number of hydrogen-bond acceptors (Lipinski definition) is 4. The van der Waals surface area contributed by atoms with Crippen LogP contribution in [0.1, 0.15) is 56.4 Å². The largest absolute Gasteiger partial charge is 0.385 e. The molecule has 1 aromatic heterocycles. The molecule has 164 valence electrons. The van der Waals surface area contributed by atoms with E-state index in [4.69, 9.17) is 4.74 Å². The number of piperidine rings is 1. The summed E-state index contributed by atoms with van der Waals surface area (Å²) in [7, 11) is 3.88. The molecule has 0 spiro atoms. The average molecular weight is 430 g/mol. The SMILES string of the molecule is COCCCSNc1ccc2c(c1)c(C1CCN(C(=O)C3CCCC3)CC1)cn2C. The van der Waals surface area contributed by atoms with Crippen LogP contribution in [-0.2, 0) is 16.6 Å². The fourth-order valence-electron chi connectivity index (χ4n) is 5.06. The van der Waals surface area contributed by atoms with E-state index in [0.29, 0.717) is 17.7 Å². The summed E-state index contributed by atoms with van der Waals surface area (Å²) in [4.78, 5) is 14.9. The Kier molecular flexibility index (Phi) is 7.26. The Labute approximate surface area is 184 Å². The van der Waals surface area contributed by atoms with Gasteiger partial charge in [-0.3, -0.25) is 4.79 Å². The number of aryl methyl sites for hydroxylation is 1. The molecule has 30 heavy (non-hydrogen) atoms. The first-order valence-corrected chi connectivity index (χ1v) is 12.4. The molecule has 2 aromatic rings. The van der Waals surface area contributed by atoms with Crippen LogP contribution in [0.25, 0.3) is 10.9 Å². The summed E-state index contributed by atoms with van der Waals surface area (Å²) in [5.74, 6) is 2.28. The van der Waals surface area contributed by atoms with Crippen LogP contribution in [0, 0.1) is 5.92 Å². The maximum absolute atomic E-state index is 12.8. The Morgan fingerprint density at radius 3 is 2.70 bits per heavy atom. The zero-order chi connectivity index (χ0) is 20.9. The van der Waals surface area contributed by atoms with Gasteiger partial charge in [-0.15, -0.1) is 0 Å². The Bertz CT molecular complexity index is 851. The molecule has 1 saturated carbocycles. The smallest absolute Gasteiger partial charge is 0.225 e. The van der Waals surface area contributed by atoms with Crippen LogP contribution in [0.2, 0.25) is 0 Å². The minimum Gasteiger partial charge on any atom is -0.385 e. The number of likely N-dealkylation sites (tertiary alicyclic amines) is 1. The van der Waals surface area contributed by atoms with Crippen molar-refractivity contribution in [2.24, 2.45) is 13.0 Å². The van der Waals surface area contributed by atoms with Crippen LogP contribution in [0.4, 0.5) is 5.69 Å². The van der Waals surface area contributed by atoms with Crippen molar-refractivity contribution in [2.45, 2.75) is 50.9 Å². The normalized spacial score (nSPS) is 18.4. The second kappa shape index (κ2) is 10.1. The number of carbonyl (C=O) groups excluding carboxylic acids is 1. The maximum Gasteiger partial charge on any atom is 0.225 e. The topological polar surface area (TPSA) is 46.5 Å². The molecule has 0 bridgehead atoms. The number of methoxy groups -OCH3 is 1. The molecule has 5 nitrogen and oxygen atoms in total. The molecular formula is C24H35N3O2S. The Morgan fingerprint density at radius 1 is 1.20 bits per heavy atom. The summed E-state index contributed by atoms with van der Waals surface area (Å²) in [6.45, 7) is 2.62. The summed E-state index contributed by atoms with van der Waals surface area (Å²) < 4.78 is 10.9. The molecule has 0 radical (unpaired) electrons. The van der Waals surface area contributed by atoms with Crippen LogP contribution in [0.15, 0.2) is 24.4 Å². The minimum atomic E-state index is 0.300. The molecular weight excluding hydrogens is 394 g/mol. The van der Waals surface area contributed by atoms with Crippen LogP contribution in [0.5, 0.6) is 0 Å². The quantitative estimate of drug-likeness (QED) is 0.464. The highest BCUT2D eigenvalue weighted by atomic mass is 32.2. The van der Waals surface area contributed by atoms with E-state index in [-0.39, 0.29) is 0 Å². The van der Waals surface area contributed by atoms with Crippen molar-refractivity contribution in [1.82, 2.24) is 9.47 Å². The third-order valence-electron chi connectivity index (χ3n) is 6.76. The van der Waals surface area contributed by atoms with Crippen LogP contribution in [0.3, 0.4) is 0 Å². The standard InChI is InChI=1S/C24H35N3O2S/c1-26-17-22(18-10-12-27(13-11-18)24(28)19-6-3-4-7-19)21-16-20(8-9-23(21)26)25-30-15-5-14-29-2/h8-9,16-19,25H,3-7,10-15H2,1-2H3. The molecule has 2 fully saturated rings. The molecule has 6 heteroatoms. The molecule has 0 atom stereocenters. The molecule has 1 N–H and O–H groups in total. The van der Waals surface area contributed by atoms with Crippen molar-refractivity contribution in [3.63, 3.8) is 0 Å². The van der Waals surface area contributed by atoms with Crippen molar-refractivity contribution < 1.29 is 9.53 Å². The highest BCUT2D eigenvalue weighted by molar-refractivity contribution is 8.00. The van der Waals surface area contributed by atoms with Gasteiger partial charge in [-0.1, -0.05) is 24.8 Å². The van der Waals surface area contributed by atoms with Crippen molar-refractivity contribution in [1.29, 1.82) is 0 Å². The molecule has 2 heterocycles. The summed E-state index contributed by atoms with van der Waals surface area (Å²) in [5, 5.41) is 1.35. The highest BCUT2D eigenvalue weighted by Crippen LogP contribution is 2.36. The summed E-state index contributed by atoms with van der Waals surface area (Å²) >= 11 is 1.74. The number of carbonyl (C=O) groups is 1. The Balaban J connectivity index is 1.41. The summed E-state index contributed by atoms with van der Waals surface area (Å²) in [5.41, 5.74) is 3.88. The van der Waals surface area contributed by atoms with Crippen molar-refractivity contribution >= 4 is 34.4 Å². The predicted octanol–water partition coefficient (Wildman–Crippen LogP) is 5.17. The third kappa shape index (κ3) is 4.80. The van der Waals surface area contributed by atoms with E-state index in [2.05, 4.69) is 45.6 Å². The maximum atomic E-state index is 12.8. The molecule has 1 amide bonds. The van der Waals surface area contributed by atoms with E-state index in [0.717, 1.165) is 63.2 Å². The lowest BCUT2D eigenvalue weighted by atomic mass is 9.88. The Morgan fingerprint density at radius 2 is 1.97 bits per heavy atom. The Hall–Kier alpha value is -1.66. The molecule has 1 aliphatic heterocycles. The third-order valence-corrected chi connectivity index (χ3v) is 7.63. The van der Waals surface area contributed by atoms with Gasteiger partial charge in [0.15, 0.2) is 0 Å². The lowest BCUT2D eigenvalue weighted by Gasteiger charge is -2.33. The van der Waals surface area contributed by atoms with Crippen LogP contribution in [-0.4, -0.2) is 47.9 Å². The van der Waals surface area contributed by atoms with Crippen LogP contribution < -0.4 is 4.72 Å². The number of amides is 1. The van der Waals surface area contributed by atoms with E-state index in [9.17, 15) is 4.79 Å². The first-order chi connectivity index (χ1) is 14.7. The average Bonchev–Trinajstić information content (AvgIpc) is 3.42. The monoisotopic (exact) mass is 429 g/mol. The number of rotatable bonds is 8. The second-order valence-electron chi connectivity index (χ2n) is 8.81. The predicted molar refractivity (Wildman–Crippen MR) is 126 cm³/mol. The van der Waals surface area contributed by atoms with E-state index in [1.54, 1.807) is 19.1 Å². The van der Waals surface area contributed by atoms with Crippen molar-refractivity contribution in [2.75, 3.05) is 37.3 Å². The van der Waals surface area contributed by atoms with Gasteiger partial charge in [0.05, 0.1) is 0 Å². The van der Waals surface area contributed by atoms with Gasteiger partial charge in [0.25, 0.3) is 0 Å². The van der Waals surface area contributed by atoms with Gasteiger partial charge < -0.3 is 18.9 Å². The number of ether oxygens (including phenoxy) is 1. The number of hydrogen-bond donors (Lipinski definition) is 1. The molecule has 2 aliphatic rings. The first kappa shape index (κ1) is 21.6. The summed E-state index contributed by atoms with van der Waals surface area (Å²) in [6.07, 6.45) is 10.1. The molecule has 1 saturated heterocycles. The van der Waals surface area contributed by atoms with E-state index in [1.807, 2.05) is 0 Å². The van der Waals surface area contributed by atoms with E-state index >= 15 is 0 Å². The lowest BCUT2D eigenvalue weighted by molar-refractivity contribution is -0.136. The minimum absolute atomic E-state index is 0.300. The van der Waals surface area contributed by atoms with Crippen molar-refractivity contribution in [3.8, 4) is 0 Å². The number of anilines is 1. The van der Waals surface area contributed by atoms with Gasteiger partial charge in [0.2, 0.25) is 5.91 Å². The van der Waals surface area contributed by atoms with Gasteiger partial charge in [-0.05, 0) is 61.8 Å². The van der Waals surface area contributed by atoms with Gasteiger partial charge in [0.1, 0.15) is 0 Å². The first-order valence-electron chi connectivity index (χ1n) is 11.4. The fourth-order valence-corrected chi connectivity index (χ4v) is 5.72. The molecule has 4 rings (SSSR count). The van der Waals surface area contributed by atoms with Gasteiger partial charge in [-0.25, -0.2) is 0 Å². The molecule has 1 aromatic carbocycles. The number of nitrogens with zero attached hydrogens (tertiary/aromatic N) is 2. The lowest BCUT2D eigenvalue weighted by Crippen LogP contribution is -2.40. The molecule has 1 aliphatic carbocycles. The van der Waals surface area contributed by atoms with E-state index < -0.39 is 0 Å². The molecule has 0 unspecified atom stereocenters. The number of fused-ring (bicyclic) bond motifs is 1. The van der Waals surface area contributed by atoms with Crippen molar-refractivity contribution in [3.05, 3.63) is 30.0 Å². The zero-order valence-corrected chi connectivity index (χ0v) is 19.2. The summed E-state index contributed by atoms with van der Waals surface area (Å²) in [6, 6.07) is 6.68. The fraction of sp³-hybridized carbons (Fsp3) is 0.625. The number of benzene rings is 1. The number of nitrogens with one attached hydrogen (secondary N) is 1. The highest BCUT2D eigenvalue weighted by Gasteiger charge is 2.31. The van der Waals surface area contributed by atoms with Gasteiger partial charge in [-0.2, -0.15) is 0 Å². The second-order valence-corrected chi connectivity index (χ2v) is 9.71. The van der Waals surface area contributed by atoms with Gasteiger partial charge >= 0.3 is 0 Å². The zero-order valence-electron chi connectivity index (χ0n) is 18.4.